The first-order valence-electron chi connectivity index (χ1n) is 9.48. The maximum absolute atomic E-state index is 5.49. The molecule has 4 rings (SSSR count). The summed E-state index contributed by atoms with van der Waals surface area (Å²) in [5, 5.41) is 7.02. The van der Waals surface area contributed by atoms with Crippen LogP contribution in [-0.4, -0.2) is 60.3 Å². The van der Waals surface area contributed by atoms with Crippen LogP contribution in [0.5, 0.6) is 0 Å². The Morgan fingerprint density at radius 1 is 1.04 bits per heavy atom. The second-order valence-corrected chi connectivity index (χ2v) is 7.56. The molecule has 24 heavy (non-hydrogen) atoms. The van der Waals surface area contributed by atoms with Gasteiger partial charge in [0.05, 0.1) is 6.61 Å². The van der Waals surface area contributed by atoms with E-state index >= 15 is 0 Å². The highest BCUT2D eigenvalue weighted by Gasteiger charge is 2.24. The fourth-order valence-corrected chi connectivity index (χ4v) is 3.67. The van der Waals surface area contributed by atoms with Crippen LogP contribution in [0.2, 0.25) is 0 Å². The molecule has 3 aliphatic rings. The molecule has 2 N–H and O–H groups in total. The topological polar surface area (TPSA) is 62.3 Å². The van der Waals surface area contributed by atoms with E-state index in [1.165, 1.54) is 51.7 Å². The molecule has 0 bridgehead atoms. The smallest absolute Gasteiger partial charge is 0.131 e. The van der Waals surface area contributed by atoms with Gasteiger partial charge in [0.15, 0.2) is 0 Å². The van der Waals surface area contributed by atoms with Crippen LogP contribution < -0.4 is 10.6 Å². The first-order valence-corrected chi connectivity index (χ1v) is 9.48. The van der Waals surface area contributed by atoms with Crippen LogP contribution in [0, 0.1) is 11.8 Å². The van der Waals surface area contributed by atoms with Gasteiger partial charge in [-0.15, -0.1) is 0 Å². The predicted octanol–water partition coefficient (Wildman–Crippen LogP) is 2.21. The van der Waals surface area contributed by atoms with Crippen molar-refractivity contribution in [3.05, 3.63) is 12.4 Å². The lowest BCUT2D eigenvalue weighted by Gasteiger charge is -2.33. The number of hydrogen-bond acceptors (Lipinski definition) is 6. The zero-order valence-electron chi connectivity index (χ0n) is 14.4. The lowest BCUT2D eigenvalue weighted by Crippen LogP contribution is -2.41. The largest absolute Gasteiger partial charge is 0.381 e. The Balaban J connectivity index is 1.22. The summed E-state index contributed by atoms with van der Waals surface area (Å²) >= 11 is 0. The molecule has 0 radical (unpaired) electrons. The minimum Gasteiger partial charge on any atom is -0.381 e. The Bertz CT molecular complexity index is 522. The van der Waals surface area contributed by atoms with Gasteiger partial charge >= 0.3 is 0 Å². The van der Waals surface area contributed by atoms with Gasteiger partial charge in [-0.3, -0.25) is 0 Å². The number of anilines is 2. The molecule has 1 saturated carbocycles. The molecule has 0 spiro atoms. The molecule has 1 unspecified atom stereocenters. The molecular formula is C18H29N5O. The number of nitrogens with zero attached hydrogens (tertiary/aromatic N) is 3. The van der Waals surface area contributed by atoms with Crippen LogP contribution in [0.1, 0.15) is 32.1 Å². The summed E-state index contributed by atoms with van der Waals surface area (Å²) < 4.78 is 5.49. The van der Waals surface area contributed by atoms with Crippen molar-refractivity contribution in [3.8, 4) is 0 Å². The maximum Gasteiger partial charge on any atom is 0.131 e. The third-order valence-electron chi connectivity index (χ3n) is 5.42. The molecule has 1 atom stereocenters. The van der Waals surface area contributed by atoms with Crippen molar-refractivity contribution in [3.63, 3.8) is 0 Å². The maximum atomic E-state index is 5.49. The van der Waals surface area contributed by atoms with Crippen LogP contribution in [0.4, 0.5) is 11.6 Å². The third kappa shape index (κ3) is 4.57. The Morgan fingerprint density at radius 3 is 2.62 bits per heavy atom. The number of hydrogen-bond donors (Lipinski definition) is 2. The highest BCUT2D eigenvalue weighted by Crippen LogP contribution is 2.28. The summed E-state index contributed by atoms with van der Waals surface area (Å²) in [7, 11) is 0. The molecule has 3 heterocycles. The van der Waals surface area contributed by atoms with E-state index in [2.05, 4.69) is 25.5 Å². The van der Waals surface area contributed by atoms with Gasteiger partial charge in [0, 0.05) is 44.9 Å². The van der Waals surface area contributed by atoms with Gasteiger partial charge in [-0.2, -0.15) is 0 Å². The lowest BCUT2D eigenvalue weighted by atomic mass is 10.0. The van der Waals surface area contributed by atoms with Gasteiger partial charge in [0.2, 0.25) is 0 Å². The van der Waals surface area contributed by atoms with Gasteiger partial charge in [-0.05, 0) is 43.9 Å². The average molecular weight is 331 g/mol. The fraction of sp³-hybridized carbons (Fsp3) is 0.778. The number of likely N-dealkylation sites (tertiary alicyclic amines) is 1. The molecule has 2 saturated heterocycles. The highest BCUT2D eigenvalue weighted by molar-refractivity contribution is 5.47. The van der Waals surface area contributed by atoms with E-state index in [-0.39, 0.29) is 0 Å². The van der Waals surface area contributed by atoms with Crippen LogP contribution in [0.25, 0.3) is 0 Å². The highest BCUT2D eigenvalue weighted by atomic mass is 16.5. The van der Waals surface area contributed by atoms with Crippen LogP contribution >= 0.6 is 0 Å². The molecule has 6 heteroatoms. The normalized spacial score (nSPS) is 25.8. The summed E-state index contributed by atoms with van der Waals surface area (Å²) in [6, 6.07) is 2.57. The van der Waals surface area contributed by atoms with Crippen LogP contribution in [0.3, 0.4) is 0 Å². The molecule has 6 nitrogen and oxygen atoms in total. The molecule has 3 fully saturated rings. The van der Waals surface area contributed by atoms with Crippen molar-refractivity contribution in [1.29, 1.82) is 0 Å². The van der Waals surface area contributed by atoms with E-state index in [1.807, 2.05) is 6.07 Å². The van der Waals surface area contributed by atoms with E-state index in [1.54, 1.807) is 6.33 Å². The van der Waals surface area contributed by atoms with Crippen molar-refractivity contribution >= 4 is 11.6 Å². The van der Waals surface area contributed by atoms with Gasteiger partial charge < -0.3 is 20.3 Å². The Labute approximate surface area is 144 Å². The molecule has 0 aromatic carbocycles. The first-order chi connectivity index (χ1) is 11.8. The van der Waals surface area contributed by atoms with Crippen molar-refractivity contribution in [2.75, 3.05) is 50.0 Å². The number of nitrogens with one attached hydrogen (secondary N) is 2. The van der Waals surface area contributed by atoms with Crippen LogP contribution in [0.15, 0.2) is 12.4 Å². The number of piperidine rings is 1. The summed E-state index contributed by atoms with van der Waals surface area (Å²) in [5.74, 6) is 3.49. The van der Waals surface area contributed by atoms with Gasteiger partial charge in [-0.25, -0.2) is 9.97 Å². The van der Waals surface area contributed by atoms with E-state index in [9.17, 15) is 0 Å². The van der Waals surface area contributed by atoms with E-state index in [0.29, 0.717) is 6.04 Å². The standard InChI is InChI=1S/C18H29N5O/c1-2-14(1)10-19-17-9-18(21-13-20-17)22-16-3-6-23(7-4-16)11-15-5-8-24-12-15/h9,13-16H,1-8,10-12H2,(H2,19,20,21,22). The fourth-order valence-electron chi connectivity index (χ4n) is 3.67. The second kappa shape index (κ2) is 7.66. The molecule has 1 aromatic rings. The SMILES string of the molecule is c1nc(NCC2CC2)cc(NC2CCN(CC3CCOC3)CC2)n1. The number of rotatable bonds is 7. The second-order valence-electron chi connectivity index (χ2n) is 7.56. The predicted molar refractivity (Wildman–Crippen MR) is 95.3 cm³/mol. The van der Waals surface area contributed by atoms with E-state index < -0.39 is 0 Å². The Kier molecular flexibility index (Phi) is 5.13. The van der Waals surface area contributed by atoms with Gasteiger partial charge in [-0.1, -0.05) is 0 Å². The summed E-state index contributed by atoms with van der Waals surface area (Å²) in [5.41, 5.74) is 0. The number of aromatic nitrogens is 2. The molecule has 2 aliphatic heterocycles. The van der Waals surface area contributed by atoms with E-state index in [4.69, 9.17) is 4.74 Å². The Hall–Kier alpha value is -1.40. The monoisotopic (exact) mass is 331 g/mol. The third-order valence-corrected chi connectivity index (χ3v) is 5.42. The minimum atomic E-state index is 0.521. The average Bonchev–Trinajstić information content (AvgIpc) is 3.30. The van der Waals surface area contributed by atoms with Crippen molar-refractivity contribution in [2.45, 2.75) is 38.1 Å². The lowest BCUT2D eigenvalue weighted by molar-refractivity contribution is 0.154. The van der Waals surface area contributed by atoms with Crippen molar-refractivity contribution in [1.82, 2.24) is 14.9 Å². The van der Waals surface area contributed by atoms with Crippen LogP contribution in [-0.2, 0) is 4.74 Å². The molecular weight excluding hydrogens is 302 g/mol. The zero-order valence-corrected chi connectivity index (χ0v) is 14.4. The summed E-state index contributed by atoms with van der Waals surface area (Å²) in [6.07, 6.45) is 7.97. The summed E-state index contributed by atoms with van der Waals surface area (Å²) in [4.78, 5) is 11.3. The zero-order chi connectivity index (χ0) is 16.2. The molecule has 1 aromatic heterocycles. The Morgan fingerprint density at radius 2 is 1.88 bits per heavy atom. The first kappa shape index (κ1) is 16.1. The van der Waals surface area contributed by atoms with Crippen molar-refractivity contribution < 1.29 is 4.74 Å². The minimum absolute atomic E-state index is 0.521. The molecule has 0 amide bonds. The van der Waals surface area contributed by atoms with Crippen molar-refractivity contribution in [2.24, 2.45) is 11.8 Å². The van der Waals surface area contributed by atoms with E-state index in [0.717, 1.165) is 43.2 Å². The molecule has 1 aliphatic carbocycles. The molecule has 132 valence electrons. The van der Waals surface area contributed by atoms with Gasteiger partial charge in [0.1, 0.15) is 18.0 Å². The quantitative estimate of drug-likeness (QED) is 0.799. The summed E-state index contributed by atoms with van der Waals surface area (Å²) in [6.45, 7) is 6.50. The van der Waals surface area contributed by atoms with Gasteiger partial charge in [0.25, 0.3) is 0 Å². The number of ether oxygens (including phenoxy) is 1.